The lowest BCUT2D eigenvalue weighted by atomic mass is 10.0. The van der Waals surface area contributed by atoms with Gasteiger partial charge in [-0.1, -0.05) is 26.0 Å². The largest absolute Gasteiger partial charge is 0.497 e. The van der Waals surface area contributed by atoms with E-state index in [2.05, 4.69) is 15.2 Å². The lowest BCUT2D eigenvalue weighted by Gasteiger charge is -2.30. The standard InChI is InChI=1S/C20H24F3N3O2S/c1-4-26(5-2)17(14-8-6-9-15(12-14)28-3)13-25-18(27)16-10-7-11-24-19(16)29-20(21,22)23/h6-12,17H,4-5,13H2,1-3H3,(H,25,27). The minimum atomic E-state index is -4.52. The SMILES string of the molecule is CCN(CC)C(CNC(=O)c1cccnc1SC(F)(F)F)c1cccc(OC)c1. The Morgan fingerprint density at radius 1 is 1.24 bits per heavy atom. The van der Waals surface area contributed by atoms with Crippen molar-refractivity contribution >= 4 is 17.7 Å². The Balaban J connectivity index is 2.22. The summed E-state index contributed by atoms with van der Waals surface area (Å²) >= 11 is -0.392. The van der Waals surface area contributed by atoms with Gasteiger partial charge in [0, 0.05) is 24.5 Å². The summed E-state index contributed by atoms with van der Waals surface area (Å²) in [4.78, 5) is 18.5. The monoisotopic (exact) mass is 427 g/mol. The maximum atomic E-state index is 12.8. The first-order valence-corrected chi connectivity index (χ1v) is 9.97. The number of nitrogens with one attached hydrogen (secondary N) is 1. The number of carbonyl (C=O) groups excluding carboxylic acids is 1. The van der Waals surface area contributed by atoms with Crippen molar-refractivity contribution in [1.82, 2.24) is 15.2 Å². The van der Waals surface area contributed by atoms with Gasteiger partial charge in [0.15, 0.2) is 0 Å². The number of alkyl halides is 3. The molecular weight excluding hydrogens is 403 g/mol. The molecule has 0 aliphatic rings. The van der Waals surface area contributed by atoms with Crippen molar-refractivity contribution in [1.29, 1.82) is 0 Å². The van der Waals surface area contributed by atoms with Crippen LogP contribution in [-0.4, -0.2) is 48.0 Å². The highest BCUT2D eigenvalue weighted by Gasteiger charge is 2.32. The lowest BCUT2D eigenvalue weighted by molar-refractivity contribution is -0.0329. The van der Waals surface area contributed by atoms with Crippen molar-refractivity contribution in [2.45, 2.75) is 30.4 Å². The molecule has 29 heavy (non-hydrogen) atoms. The van der Waals surface area contributed by atoms with Crippen LogP contribution in [0.1, 0.15) is 35.8 Å². The molecule has 0 aliphatic carbocycles. The van der Waals surface area contributed by atoms with E-state index in [0.29, 0.717) is 5.75 Å². The van der Waals surface area contributed by atoms with Gasteiger partial charge in [-0.05, 0) is 42.9 Å². The molecule has 158 valence electrons. The molecule has 1 aromatic carbocycles. The fourth-order valence-electron chi connectivity index (χ4n) is 3.01. The average Bonchev–Trinajstić information content (AvgIpc) is 2.70. The summed E-state index contributed by atoms with van der Waals surface area (Å²) in [5.41, 5.74) is -3.67. The van der Waals surface area contributed by atoms with Crippen LogP contribution >= 0.6 is 11.8 Å². The second-order valence-corrected chi connectivity index (χ2v) is 7.18. The predicted octanol–water partition coefficient (Wildman–Crippen LogP) is 4.52. The van der Waals surface area contributed by atoms with E-state index in [9.17, 15) is 18.0 Å². The first-order valence-electron chi connectivity index (χ1n) is 9.16. The van der Waals surface area contributed by atoms with Crippen LogP contribution < -0.4 is 10.1 Å². The third-order valence-corrected chi connectivity index (χ3v) is 5.17. The highest BCUT2D eigenvalue weighted by atomic mass is 32.2. The van der Waals surface area contributed by atoms with Gasteiger partial charge >= 0.3 is 5.51 Å². The number of methoxy groups -OCH3 is 1. The molecule has 1 N–H and O–H groups in total. The minimum Gasteiger partial charge on any atom is -0.497 e. The summed E-state index contributed by atoms with van der Waals surface area (Å²) in [5.74, 6) is 0.104. The fourth-order valence-corrected chi connectivity index (χ4v) is 3.61. The number of benzene rings is 1. The fraction of sp³-hybridized carbons (Fsp3) is 0.400. The Morgan fingerprint density at radius 2 is 1.97 bits per heavy atom. The number of likely N-dealkylation sites (N-methyl/N-ethyl adjacent to an activating group) is 1. The van der Waals surface area contributed by atoms with Crippen LogP contribution in [0.4, 0.5) is 13.2 Å². The van der Waals surface area contributed by atoms with Crippen molar-refractivity contribution in [3.63, 3.8) is 0 Å². The summed E-state index contributed by atoms with van der Waals surface area (Å²) in [6.45, 7) is 5.75. The molecule has 0 spiro atoms. The number of halogens is 3. The normalized spacial score (nSPS) is 12.7. The molecule has 0 fully saturated rings. The Hall–Kier alpha value is -2.26. The zero-order valence-corrected chi connectivity index (χ0v) is 17.3. The molecular formula is C20H24F3N3O2S. The molecule has 0 saturated heterocycles. The molecule has 5 nitrogen and oxygen atoms in total. The van der Waals surface area contributed by atoms with Crippen LogP contribution in [0, 0.1) is 0 Å². The Kier molecular flexibility index (Phi) is 8.33. The second-order valence-electron chi connectivity index (χ2n) is 6.13. The summed E-state index contributed by atoms with van der Waals surface area (Å²) in [6, 6.07) is 10.2. The maximum absolute atomic E-state index is 12.8. The molecule has 0 saturated carbocycles. The van der Waals surface area contributed by atoms with Gasteiger partial charge < -0.3 is 10.1 Å². The topological polar surface area (TPSA) is 54.5 Å². The van der Waals surface area contributed by atoms with Crippen LogP contribution in [-0.2, 0) is 0 Å². The van der Waals surface area contributed by atoms with E-state index in [0.717, 1.165) is 18.7 Å². The molecule has 2 rings (SSSR count). The number of hydrogen-bond donors (Lipinski definition) is 1. The number of thioether (sulfide) groups is 1. The number of carbonyl (C=O) groups is 1. The van der Waals surface area contributed by atoms with Crippen LogP contribution in [0.5, 0.6) is 5.75 Å². The number of pyridine rings is 1. The minimum absolute atomic E-state index is 0.0984. The molecule has 1 atom stereocenters. The predicted molar refractivity (Wildman–Crippen MR) is 107 cm³/mol. The maximum Gasteiger partial charge on any atom is 0.447 e. The Labute approximate surface area is 172 Å². The number of nitrogens with zero attached hydrogens (tertiary/aromatic N) is 2. The highest BCUT2D eigenvalue weighted by Crippen LogP contribution is 2.37. The van der Waals surface area contributed by atoms with Gasteiger partial charge in [-0.25, -0.2) is 4.98 Å². The molecule has 9 heteroatoms. The van der Waals surface area contributed by atoms with Crippen LogP contribution in [0.15, 0.2) is 47.6 Å². The lowest BCUT2D eigenvalue weighted by Crippen LogP contribution is -2.38. The zero-order valence-electron chi connectivity index (χ0n) is 16.5. The number of amides is 1. The van der Waals surface area contributed by atoms with E-state index in [1.165, 1.54) is 18.3 Å². The first-order chi connectivity index (χ1) is 13.8. The van der Waals surface area contributed by atoms with Gasteiger partial charge in [-0.3, -0.25) is 9.69 Å². The van der Waals surface area contributed by atoms with Gasteiger partial charge in [0.1, 0.15) is 10.8 Å². The molecule has 1 aromatic heterocycles. The van der Waals surface area contributed by atoms with Crippen LogP contribution in [0.3, 0.4) is 0 Å². The highest BCUT2D eigenvalue weighted by molar-refractivity contribution is 8.00. The average molecular weight is 427 g/mol. The molecule has 1 heterocycles. The van der Waals surface area contributed by atoms with E-state index in [1.807, 2.05) is 38.1 Å². The summed E-state index contributed by atoms with van der Waals surface area (Å²) in [6.07, 6.45) is 1.24. The first kappa shape index (κ1) is 23.0. The van der Waals surface area contributed by atoms with E-state index in [-0.39, 0.29) is 23.2 Å². The molecule has 0 bridgehead atoms. The van der Waals surface area contributed by atoms with E-state index in [1.54, 1.807) is 7.11 Å². The third-order valence-electron chi connectivity index (χ3n) is 4.42. The van der Waals surface area contributed by atoms with Gasteiger partial charge in [0.2, 0.25) is 0 Å². The smallest absolute Gasteiger partial charge is 0.447 e. The quantitative estimate of drug-likeness (QED) is 0.597. The van der Waals surface area contributed by atoms with Crippen molar-refractivity contribution in [2.24, 2.45) is 0 Å². The second kappa shape index (κ2) is 10.5. The number of hydrogen-bond acceptors (Lipinski definition) is 5. The van der Waals surface area contributed by atoms with Gasteiger partial charge in [0.05, 0.1) is 18.7 Å². The van der Waals surface area contributed by atoms with Crippen LogP contribution in [0.2, 0.25) is 0 Å². The zero-order chi connectivity index (χ0) is 21.4. The van der Waals surface area contributed by atoms with Gasteiger partial charge in [-0.2, -0.15) is 13.2 Å². The molecule has 0 radical (unpaired) electrons. The molecule has 1 amide bonds. The van der Waals surface area contributed by atoms with E-state index in [4.69, 9.17) is 4.74 Å². The molecule has 2 aromatic rings. The Bertz CT molecular complexity index is 814. The summed E-state index contributed by atoms with van der Waals surface area (Å²) in [5, 5.41) is 2.41. The van der Waals surface area contributed by atoms with Gasteiger partial charge in [0.25, 0.3) is 5.91 Å². The Morgan fingerprint density at radius 3 is 2.59 bits per heavy atom. The number of ether oxygens (including phenoxy) is 1. The van der Waals surface area contributed by atoms with Crippen molar-refractivity contribution in [3.05, 3.63) is 53.7 Å². The number of rotatable bonds is 9. The molecule has 1 unspecified atom stereocenters. The summed E-state index contributed by atoms with van der Waals surface area (Å²) in [7, 11) is 1.58. The van der Waals surface area contributed by atoms with Crippen molar-refractivity contribution < 1.29 is 22.7 Å². The number of aromatic nitrogens is 1. The summed E-state index contributed by atoms with van der Waals surface area (Å²) < 4.78 is 43.6. The van der Waals surface area contributed by atoms with Crippen LogP contribution in [0.25, 0.3) is 0 Å². The third kappa shape index (κ3) is 6.64. The molecule has 0 aliphatic heterocycles. The van der Waals surface area contributed by atoms with E-state index < -0.39 is 23.2 Å². The van der Waals surface area contributed by atoms with Crippen molar-refractivity contribution in [2.75, 3.05) is 26.7 Å². The van der Waals surface area contributed by atoms with Crippen molar-refractivity contribution in [3.8, 4) is 5.75 Å². The van der Waals surface area contributed by atoms with E-state index >= 15 is 0 Å². The van der Waals surface area contributed by atoms with Gasteiger partial charge in [-0.15, -0.1) is 0 Å².